The van der Waals surface area contributed by atoms with Gasteiger partial charge in [0.15, 0.2) is 0 Å². The number of nitrogens with one attached hydrogen (secondary N) is 1. The third-order valence-electron chi connectivity index (χ3n) is 2.31. The van der Waals surface area contributed by atoms with Crippen LogP contribution in [-0.4, -0.2) is 4.99 Å². The van der Waals surface area contributed by atoms with E-state index in [1.165, 1.54) is 11.1 Å². The molecule has 0 saturated heterocycles. The molecule has 2 aromatic carbocycles. The summed E-state index contributed by atoms with van der Waals surface area (Å²) in [5, 5.41) is 3.06. The molecule has 0 aliphatic rings. The minimum Gasteiger partial charge on any atom is -0.350 e. The van der Waals surface area contributed by atoms with Crippen molar-refractivity contribution in [1.82, 2.24) is 0 Å². The molecule has 0 saturated carbocycles. The van der Waals surface area contributed by atoms with Crippen LogP contribution in [0.1, 0.15) is 33.3 Å². The van der Waals surface area contributed by atoms with Gasteiger partial charge in [-0.3, -0.25) is 0 Å². The number of aryl methyl sites for hydroxylation is 2. The van der Waals surface area contributed by atoms with Gasteiger partial charge >= 0.3 is 0 Å². The smallest absolute Gasteiger partial charge is 0.0765 e. The molecule has 1 nitrogen and oxygen atoms in total. The second kappa shape index (κ2) is 11.2. The van der Waals surface area contributed by atoms with Crippen molar-refractivity contribution in [2.45, 2.75) is 34.6 Å². The molecular weight excluding hydrogens is 262 g/mol. The molecule has 2 aromatic rings. The zero-order chi connectivity index (χ0) is 15.4. The topological polar surface area (TPSA) is 12.0 Å². The van der Waals surface area contributed by atoms with E-state index in [-0.39, 0.29) is 1.43 Å². The molecular formula is C18H27NS. The predicted molar refractivity (Wildman–Crippen MR) is 97.7 cm³/mol. The van der Waals surface area contributed by atoms with Crippen molar-refractivity contribution in [3.63, 3.8) is 0 Å². The van der Waals surface area contributed by atoms with Crippen molar-refractivity contribution in [2.24, 2.45) is 0 Å². The van der Waals surface area contributed by atoms with Crippen LogP contribution in [0, 0.1) is 13.8 Å². The van der Waals surface area contributed by atoms with Gasteiger partial charge in [-0.15, -0.1) is 0 Å². The normalized spacial score (nSPS) is 8.45. The highest BCUT2D eigenvalue weighted by Crippen LogP contribution is 2.08. The standard InChI is InChI=1S/C9H11NS.C7H8.C2H6.H2/c1-7-3-5-9(6-4-7)10-8(2)11;1-7-5-3-2-4-6-7;1-2;/h3-6H,1-2H3,(H,10,11);2-6H,1H3;1-2H3;1H. The highest BCUT2D eigenvalue weighted by Gasteiger charge is 1.89. The van der Waals surface area contributed by atoms with Crippen LogP contribution in [0.5, 0.6) is 0 Å². The molecule has 0 spiro atoms. The van der Waals surface area contributed by atoms with E-state index in [1.807, 2.05) is 51.1 Å². The number of anilines is 1. The van der Waals surface area contributed by atoms with Crippen molar-refractivity contribution in [1.29, 1.82) is 0 Å². The van der Waals surface area contributed by atoms with E-state index in [0.29, 0.717) is 0 Å². The lowest BCUT2D eigenvalue weighted by molar-refractivity contribution is 1.47. The van der Waals surface area contributed by atoms with E-state index in [2.05, 4.69) is 43.4 Å². The van der Waals surface area contributed by atoms with E-state index < -0.39 is 0 Å². The van der Waals surface area contributed by atoms with E-state index in [9.17, 15) is 0 Å². The average molecular weight is 289 g/mol. The molecule has 20 heavy (non-hydrogen) atoms. The number of benzene rings is 2. The SMILES string of the molecule is CC.CC(=S)Nc1ccc(C)cc1.Cc1ccccc1.[HH]. The first kappa shape index (κ1) is 18.3. The van der Waals surface area contributed by atoms with E-state index >= 15 is 0 Å². The fraction of sp³-hybridized carbons (Fsp3) is 0.278. The Morgan fingerprint density at radius 3 is 1.65 bits per heavy atom. The Hall–Kier alpha value is -1.67. The average Bonchev–Trinajstić information content (AvgIpc) is 2.45. The van der Waals surface area contributed by atoms with Crippen molar-refractivity contribution in [2.75, 3.05) is 5.32 Å². The molecule has 2 heteroatoms. The van der Waals surface area contributed by atoms with Gasteiger partial charge in [0.25, 0.3) is 0 Å². The zero-order valence-electron chi connectivity index (χ0n) is 13.1. The summed E-state index contributed by atoms with van der Waals surface area (Å²) in [6.45, 7) is 10.0. The lowest BCUT2D eigenvalue weighted by atomic mass is 10.2. The minimum absolute atomic E-state index is 0. The minimum atomic E-state index is 0. The maximum absolute atomic E-state index is 4.90. The summed E-state index contributed by atoms with van der Waals surface area (Å²) in [5.41, 5.74) is 3.64. The quantitative estimate of drug-likeness (QED) is 0.644. The molecule has 0 fully saturated rings. The zero-order valence-corrected chi connectivity index (χ0v) is 13.9. The first-order chi connectivity index (χ1) is 9.58. The molecule has 0 aromatic heterocycles. The third kappa shape index (κ3) is 9.29. The Morgan fingerprint density at radius 2 is 1.30 bits per heavy atom. The summed E-state index contributed by atoms with van der Waals surface area (Å²) in [7, 11) is 0. The highest BCUT2D eigenvalue weighted by atomic mass is 32.1. The van der Waals surface area contributed by atoms with Crippen molar-refractivity contribution >= 4 is 22.9 Å². The lowest BCUT2D eigenvalue weighted by Crippen LogP contribution is -2.02. The molecule has 2 rings (SSSR count). The Bertz CT molecular complexity index is 480. The van der Waals surface area contributed by atoms with Gasteiger partial charge in [0.05, 0.1) is 4.99 Å². The van der Waals surface area contributed by atoms with Crippen LogP contribution >= 0.6 is 12.2 Å². The summed E-state index contributed by atoms with van der Waals surface area (Å²) in [5.74, 6) is 0. The maximum atomic E-state index is 4.90. The summed E-state index contributed by atoms with van der Waals surface area (Å²) in [6, 6.07) is 18.4. The third-order valence-corrected chi connectivity index (χ3v) is 2.41. The second-order valence-corrected chi connectivity index (χ2v) is 4.81. The van der Waals surface area contributed by atoms with Gasteiger partial charge in [0.2, 0.25) is 0 Å². The molecule has 0 radical (unpaired) electrons. The molecule has 0 atom stereocenters. The van der Waals surface area contributed by atoms with Crippen molar-refractivity contribution in [3.05, 3.63) is 65.7 Å². The fourth-order valence-corrected chi connectivity index (χ4v) is 1.49. The summed E-state index contributed by atoms with van der Waals surface area (Å²) < 4.78 is 0. The monoisotopic (exact) mass is 289 g/mol. The van der Waals surface area contributed by atoms with E-state index in [4.69, 9.17) is 12.2 Å². The van der Waals surface area contributed by atoms with Crippen LogP contribution in [0.2, 0.25) is 0 Å². The van der Waals surface area contributed by atoms with Crippen molar-refractivity contribution in [3.8, 4) is 0 Å². The largest absolute Gasteiger partial charge is 0.350 e. The number of thiocarbonyl (C=S) groups is 1. The first-order valence-electron chi connectivity index (χ1n) is 6.94. The Kier molecular flexibility index (Phi) is 10.2. The Balaban J connectivity index is 0. The molecule has 0 amide bonds. The Labute approximate surface area is 130 Å². The van der Waals surface area contributed by atoms with Crippen LogP contribution in [-0.2, 0) is 0 Å². The van der Waals surface area contributed by atoms with Gasteiger partial charge in [-0.1, -0.05) is 79.7 Å². The predicted octanol–water partition coefficient (Wildman–Crippen LogP) is 6.02. The number of hydrogen-bond donors (Lipinski definition) is 1. The Morgan fingerprint density at radius 1 is 0.850 bits per heavy atom. The van der Waals surface area contributed by atoms with E-state index in [0.717, 1.165) is 10.7 Å². The van der Waals surface area contributed by atoms with Gasteiger partial charge in [0, 0.05) is 7.11 Å². The van der Waals surface area contributed by atoms with Crippen LogP contribution in [0.25, 0.3) is 0 Å². The summed E-state index contributed by atoms with van der Waals surface area (Å²) >= 11 is 4.90. The summed E-state index contributed by atoms with van der Waals surface area (Å²) in [6.07, 6.45) is 0. The molecule has 0 heterocycles. The molecule has 0 aliphatic carbocycles. The maximum Gasteiger partial charge on any atom is 0.0765 e. The molecule has 0 aliphatic heterocycles. The van der Waals surface area contributed by atoms with Crippen LogP contribution < -0.4 is 5.32 Å². The van der Waals surface area contributed by atoms with Crippen LogP contribution in [0.15, 0.2) is 54.6 Å². The van der Waals surface area contributed by atoms with Gasteiger partial charge < -0.3 is 5.32 Å². The van der Waals surface area contributed by atoms with E-state index in [1.54, 1.807) is 0 Å². The number of rotatable bonds is 1. The highest BCUT2D eigenvalue weighted by molar-refractivity contribution is 7.80. The van der Waals surface area contributed by atoms with Gasteiger partial charge in [-0.05, 0) is 32.9 Å². The molecule has 110 valence electrons. The van der Waals surface area contributed by atoms with Crippen LogP contribution in [0.4, 0.5) is 5.69 Å². The number of hydrogen-bond acceptors (Lipinski definition) is 1. The van der Waals surface area contributed by atoms with Gasteiger partial charge in [-0.2, -0.15) is 0 Å². The van der Waals surface area contributed by atoms with Gasteiger partial charge in [0.1, 0.15) is 0 Å². The lowest BCUT2D eigenvalue weighted by Gasteiger charge is -2.02. The summed E-state index contributed by atoms with van der Waals surface area (Å²) in [4.78, 5) is 0.800. The molecule has 0 bridgehead atoms. The van der Waals surface area contributed by atoms with Crippen LogP contribution in [0.3, 0.4) is 0 Å². The second-order valence-electron chi connectivity index (χ2n) is 4.20. The molecule has 1 N–H and O–H groups in total. The van der Waals surface area contributed by atoms with Gasteiger partial charge in [-0.25, -0.2) is 0 Å². The molecule has 0 unspecified atom stereocenters. The first-order valence-corrected chi connectivity index (χ1v) is 7.34. The fourth-order valence-electron chi connectivity index (χ4n) is 1.37. The van der Waals surface area contributed by atoms with Crippen molar-refractivity contribution < 1.29 is 1.43 Å².